The summed E-state index contributed by atoms with van der Waals surface area (Å²) < 4.78 is 0. The van der Waals surface area contributed by atoms with E-state index >= 15 is 0 Å². The third-order valence-corrected chi connectivity index (χ3v) is 6.10. The van der Waals surface area contributed by atoms with Crippen molar-refractivity contribution in [3.05, 3.63) is 95.6 Å². The first-order valence-corrected chi connectivity index (χ1v) is 10.8. The Morgan fingerprint density at radius 2 is 1.50 bits per heavy atom. The second kappa shape index (κ2) is 8.47. The summed E-state index contributed by atoms with van der Waals surface area (Å²) >= 11 is 6.14. The summed E-state index contributed by atoms with van der Waals surface area (Å²) in [6, 6.07) is 27.6. The maximum atomic E-state index is 6.14. The van der Waals surface area contributed by atoms with Gasteiger partial charge in [-0.3, -0.25) is 9.88 Å². The summed E-state index contributed by atoms with van der Waals surface area (Å²) in [5.74, 6) is 0. The molecule has 3 aromatic carbocycles. The van der Waals surface area contributed by atoms with E-state index in [2.05, 4.69) is 81.5 Å². The summed E-state index contributed by atoms with van der Waals surface area (Å²) in [5, 5.41) is 1.90. The molecular weight excluding hydrogens is 390 g/mol. The normalized spacial score (nSPS) is 14.9. The topological polar surface area (TPSA) is 19.4 Å². The lowest BCUT2D eigenvalue weighted by molar-refractivity contribution is 0.250. The summed E-state index contributed by atoms with van der Waals surface area (Å²) in [5.41, 5.74) is 6.12. The molecule has 0 aliphatic carbocycles. The maximum Gasteiger partial charge on any atom is 0.0737 e. The molecule has 1 fully saturated rings. The lowest BCUT2D eigenvalue weighted by Gasteiger charge is -2.36. The SMILES string of the molecule is Clc1ccc2c(N3CCN(Cc4ccc(-c5ccccc5)cc4)CC3)ccnc2c1. The highest BCUT2D eigenvalue weighted by Gasteiger charge is 2.19. The molecular formula is C26H24ClN3. The molecule has 4 heteroatoms. The lowest BCUT2D eigenvalue weighted by Crippen LogP contribution is -2.46. The van der Waals surface area contributed by atoms with Crippen LogP contribution in [-0.4, -0.2) is 36.1 Å². The van der Waals surface area contributed by atoms with E-state index in [9.17, 15) is 0 Å². The molecule has 1 aliphatic heterocycles. The van der Waals surface area contributed by atoms with E-state index in [1.807, 2.05) is 18.3 Å². The van der Waals surface area contributed by atoms with Crippen molar-refractivity contribution in [1.82, 2.24) is 9.88 Å². The molecule has 150 valence electrons. The fraction of sp³-hybridized carbons (Fsp3) is 0.192. The third kappa shape index (κ3) is 4.04. The number of rotatable bonds is 4. The molecule has 30 heavy (non-hydrogen) atoms. The van der Waals surface area contributed by atoms with Crippen molar-refractivity contribution in [2.75, 3.05) is 31.1 Å². The second-order valence-corrected chi connectivity index (χ2v) is 8.25. The van der Waals surface area contributed by atoms with Crippen LogP contribution in [0.2, 0.25) is 5.02 Å². The number of anilines is 1. The van der Waals surface area contributed by atoms with Crippen LogP contribution in [0.15, 0.2) is 85.1 Å². The second-order valence-electron chi connectivity index (χ2n) is 7.82. The number of nitrogens with zero attached hydrogens (tertiary/aromatic N) is 3. The van der Waals surface area contributed by atoms with Gasteiger partial charge in [-0.15, -0.1) is 0 Å². The maximum absolute atomic E-state index is 6.14. The zero-order valence-corrected chi connectivity index (χ0v) is 17.6. The van der Waals surface area contributed by atoms with E-state index < -0.39 is 0 Å². The van der Waals surface area contributed by atoms with Gasteiger partial charge in [0.05, 0.1) is 5.52 Å². The standard InChI is InChI=1S/C26H24ClN3/c27-23-10-11-24-25(18-23)28-13-12-26(24)30-16-14-29(15-17-30)19-20-6-8-22(9-7-20)21-4-2-1-3-5-21/h1-13,18H,14-17,19H2. The van der Waals surface area contributed by atoms with E-state index in [0.717, 1.165) is 43.3 Å². The van der Waals surface area contributed by atoms with Crippen LogP contribution in [-0.2, 0) is 6.54 Å². The van der Waals surface area contributed by atoms with Gasteiger partial charge in [-0.1, -0.05) is 66.2 Å². The highest BCUT2D eigenvalue weighted by molar-refractivity contribution is 6.31. The Bertz CT molecular complexity index is 1130. The molecule has 0 spiro atoms. The van der Waals surface area contributed by atoms with Crippen molar-refractivity contribution in [3.8, 4) is 11.1 Å². The quantitative estimate of drug-likeness (QED) is 0.416. The molecule has 2 heterocycles. The number of halogens is 1. The molecule has 1 aromatic heterocycles. The molecule has 0 atom stereocenters. The molecule has 1 saturated heterocycles. The van der Waals surface area contributed by atoms with Crippen LogP contribution in [0.5, 0.6) is 0 Å². The Hall–Kier alpha value is -2.88. The first-order valence-electron chi connectivity index (χ1n) is 10.4. The Balaban J connectivity index is 1.24. The van der Waals surface area contributed by atoms with Gasteiger partial charge in [-0.2, -0.15) is 0 Å². The molecule has 0 amide bonds. The van der Waals surface area contributed by atoms with Gasteiger partial charge in [-0.25, -0.2) is 0 Å². The smallest absolute Gasteiger partial charge is 0.0737 e. The summed E-state index contributed by atoms with van der Waals surface area (Å²) in [4.78, 5) is 9.48. The van der Waals surface area contributed by atoms with Crippen molar-refractivity contribution < 1.29 is 0 Å². The van der Waals surface area contributed by atoms with Crippen molar-refractivity contribution in [2.45, 2.75) is 6.54 Å². The van der Waals surface area contributed by atoms with Gasteiger partial charge < -0.3 is 4.90 Å². The van der Waals surface area contributed by atoms with Gasteiger partial charge in [0.15, 0.2) is 0 Å². The molecule has 4 aromatic rings. The van der Waals surface area contributed by atoms with E-state index in [0.29, 0.717) is 0 Å². The number of piperazine rings is 1. The van der Waals surface area contributed by atoms with Crippen LogP contribution in [0.4, 0.5) is 5.69 Å². The van der Waals surface area contributed by atoms with Gasteiger partial charge in [-0.05, 0) is 41.0 Å². The zero-order chi connectivity index (χ0) is 20.3. The minimum absolute atomic E-state index is 0.732. The number of benzene rings is 3. The molecule has 0 bridgehead atoms. The number of aromatic nitrogens is 1. The monoisotopic (exact) mass is 413 g/mol. The van der Waals surface area contributed by atoms with E-state index in [-0.39, 0.29) is 0 Å². The minimum Gasteiger partial charge on any atom is -0.368 e. The predicted molar refractivity (Wildman–Crippen MR) is 126 cm³/mol. The minimum atomic E-state index is 0.732. The van der Waals surface area contributed by atoms with E-state index in [1.165, 1.54) is 27.8 Å². The average molecular weight is 414 g/mol. The number of hydrogen-bond donors (Lipinski definition) is 0. The highest BCUT2D eigenvalue weighted by Crippen LogP contribution is 2.28. The van der Waals surface area contributed by atoms with Crippen molar-refractivity contribution >= 4 is 28.2 Å². The molecule has 0 saturated carbocycles. The highest BCUT2D eigenvalue weighted by atomic mass is 35.5. The van der Waals surface area contributed by atoms with Crippen LogP contribution >= 0.6 is 11.6 Å². The Morgan fingerprint density at radius 3 is 2.27 bits per heavy atom. The van der Waals surface area contributed by atoms with Crippen molar-refractivity contribution in [3.63, 3.8) is 0 Å². The van der Waals surface area contributed by atoms with Crippen LogP contribution in [0.3, 0.4) is 0 Å². The summed E-state index contributed by atoms with van der Waals surface area (Å²) in [6.07, 6.45) is 1.88. The fourth-order valence-electron chi connectivity index (χ4n) is 4.22. The van der Waals surface area contributed by atoms with Gasteiger partial charge in [0.25, 0.3) is 0 Å². The van der Waals surface area contributed by atoms with Crippen LogP contribution in [0, 0.1) is 0 Å². The fourth-order valence-corrected chi connectivity index (χ4v) is 4.39. The molecule has 5 rings (SSSR count). The van der Waals surface area contributed by atoms with Crippen molar-refractivity contribution in [2.24, 2.45) is 0 Å². The van der Waals surface area contributed by atoms with E-state index in [1.54, 1.807) is 0 Å². The molecule has 0 radical (unpaired) electrons. The largest absolute Gasteiger partial charge is 0.368 e. The molecule has 0 unspecified atom stereocenters. The average Bonchev–Trinajstić information content (AvgIpc) is 2.80. The van der Waals surface area contributed by atoms with E-state index in [4.69, 9.17) is 11.6 Å². The summed E-state index contributed by atoms with van der Waals surface area (Å²) in [6.45, 7) is 5.14. The molecule has 1 aliphatic rings. The Morgan fingerprint density at radius 1 is 0.767 bits per heavy atom. The number of hydrogen-bond acceptors (Lipinski definition) is 3. The lowest BCUT2D eigenvalue weighted by atomic mass is 10.0. The van der Waals surface area contributed by atoms with Gasteiger partial charge in [0.2, 0.25) is 0 Å². The van der Waals surface area contributed by atoms with Gasteiger partial charge in [0, 0.05) is 55.0 Å². The Labute approximate surface area is 182 Å². The Kier molecular flexibility index (Phi) is 5.39. The predicted octanol–water partition coefficient (Wildman–Crippen LogP) is 5.88. The number of fused-ring (bicyclic) bond motifs is 1. The number of pyridine rings is 1. The summed E-state index contributed by atoms with van der Waals surface area (Å²) in [7, 11) is 0. The first-order chi connectivity index (χ1) is 14.8. The first kappa shape index (κ1) is 19.1. The van der Waals surface area contributed by atoms with Gasteiger partial charge in [0.1, 0.15) is 0 Å². The zero-order valence-electron chi connectivity index (χ0n) is 16.8. The van der Waals surface area contributed by atoms with Crippen molar-refractivity contribution in [1.29, 1.82) is 0 Å². The molecule has 0 N–H and O–H groups in total. The molecule has 3 nitrogen and oxygen atoms in total. The van der Waals surface area contributed by atoms with Crippen LogP contribution in [0.1, 0.15) is 5.56 Å². The third-order valence-electron chi connectivity index (χ3n) is 5.86. The van der Waals surface area contributed by atoms with Gasteiger partial charge >= 0.3 is 0 Å². The van der Waals surface area contributed by atoms with Crippen LogP contribution < -0.4 is 4.90 Å². The van der Waals surface area contributed by atoms with Crippen LogP contribution in [0.25, 0.3) is 22.0 Å².